The first-order valence-electron chi connectivity index (χ1n) is 5.59. The van der Waals surface area contributed by atoms with Gasteiger partial charge in [0, 0.05) is 24.7 Å². The maximum Gasteiger partial charge on any atom is 0.254 e. The minimum Gasteiger partial charge on any atom is -0.334 e. The first-order valence-corrected chi connectivity index (χ1v) is 6.39. The van der Waals surface area contributed by atoms with Crippen LogP contribution in [0.15, 0.2) is 22.7 Å². The van der Waals surface area contributed by atoms with Crippen LogP contribution in [0.1, 0.15) is 23.2 Å². The lowest BCUT2D eigenvalue weighted by Crippen LogP contribution is -2.39. The number of nitrogens with zero attached hydrogens (tertiary/aromatic N) is 1. The molecule has 1 amide bonds. The fraction of sp³-hybridized carbons (Fsp3) is 0.417. The molecule has 1 aromatic carbocycles. The molecule has 1 saturated heterocycles. The third kappa shape index (κ3) is 2.50. The van der Waals surface area contributed by atoms with Gasteiger partial charge >= 0.3 is 0 Å². The van der Waals surface area contributed by atoms with Crippen molar-refractivity contribution in [2.24, 2.45) is 5.73 Å². The lowest BCUT2D eigenvalue weighted by Gasteiger charge is -2.23. The zero-order valence-electron chi connectivity index (χ0n) is 9.33. The molecule has 0 aromatic heterocycles. The van der Waals surface area contributed by atoms with E-state index in [4.69, 9.17) is 5.73 Å². The molecule has 1 heterocycles. The summed E-state index contributed by atoms with van der Waals surface area (Å²) in [6, 6.07) is 4.44. The standard InChI is InChI=1S/C12H14BrFN2O/c13-10-6-8(3-4-11(10)14)12(17)16-5-1-2-9(16)7-15/h3-4,6,9H,1-2,5,7,15H2. The Morgan fingerprint density at radius 2 is 2.35 bits per heavy atom. The van der Waals surface area contributed by atoms with E-state index in [2.05, 4.69) is 15.9 Å². The van der Waals surface area contributed by atoms with Crippen molar-refractivity contribution in [3.8, 4) is 0 Å². The molecule has 1 aliphatic rings. The molecule has 5 heteroatoms. The van der Waals surface area contributed by atoms with Crippen molar-refractivity contribution in [1.29, 1.82) is 0 Å². The molecule has 0 bridgehead atoms. The fourth-order valence-corrected chi connectivity index (χ4v) is 2.52. The van der Waals surface area contributed by atoms with Crippen molar-refractivity contribution >= 4 is 21.8 Å². The Kier molecular flexibility index (Phi) is 3.79. The van der Waals surface area contributed by atoms with Crippen LogP contribution < -0.4 is 5.73 Å². The van der Waals surface area contributed by atoms with Gasteiger partial charge in [0.2, 0.25) is 0 Å². The lowest BCUT2D eigenvalue weighted by molar-refractivity contribution is 0.0741. The summed E-state index contributed by atoms with van der Waals surface area (Å²) in [4.78, 5) is 14.0. The number of hydrogen-bond donors (Lipinski definition) is 1. The van der Waals surface area contributed by atoms with Gasteiger partial charge in [-0.05, 0) is 47.0 Å². The van der Waals surface area contributed by atoms with Gasteiger partial charge in [0.25, 0.3) is 5.91 Å². The van der Waals surface area contributed by atoms with E-state index in [0.29, 0.717) is 16.6 Å². The Labute approximate surface area is 108 Å². The second-order valence-corrected chi connectivity index (χ2v) is 5.01. The Hall–Kier alpha value is -0.940. The molecule has 17 heavy (non-hydrogen) atoms. The minimum absolute atomic E-state index is 0.0707. The Balaban J connectivity index is 2.21. The van der Waals surface area contributed by atoms with Crippen molar-refractivity contribution < 1.29 is 9.18 Å². The van der Waals surface area contributed by atoms with Crippen LogP contribution in [0.5, 0.6) is 0 Å². The number of likely N-dealkylation sites (tertiary alicyclic amines) is 1. The predicted molar refractivity (Wildman–Crippen MR) is 67.2 cm³/mol. The molecule has 0 radical (unpaired) electrons. The van der Waals surface area contributed by atoms with Gasteiger partial charge in [0.1, 0.15) is 5.82 Å². The fourth-order valence-electron chi connectivity index (χ4n) is 2.14. The van der Waals surface area contributed by atoms with Crippen LogP contribution in [0.4, 0.5) is 4.39 Å². The number of carbonyl (C=O) groups excluding carboxylic acids is 1. The Bertz CT molecular complexity index is 439. The molecule has 3 nitrogen and oxygen atoms in total. The number of amides is 1. The average Bonchev–Trinajstić information content (AvgIpc) is 2.80. The number of carbonyl (C=O) groups is 1. The van der Waals surface area contributed by atoms with Crippen LogP contribution in [0, 0.1) is 5.82 Å². The maximum absolute atomic E-state index is 13.1. The third-order valence-corrected chi connectivity index (χ3v) is 3.68. The lowest BCUT2D eigenvalue weighted by atomic mass is 10.1. The summed E-state index contributed by atoms with van der Waals surface area (Å²) < 4.78 is 13.4. The van der Waals surface area contributed by atoms with Gasteiger partial charge in [-0.15, -0.1) is 0 Å². The van der Waals surface area contributed by atoms with E-state index in [1.165, 1.54) is 18.2 Å². The van der Waals surface area contributed by atoms with E-state index in [0.717, 1.165) is 19.4 Å². The number of halogens is 2. The van der Waals surface area contributed by atoms with Crippen molar-refractivity contribution in [1.82, 2.24) is 4.90 Å². The Morgan fingerprint density at radius 3 is 3.00 bits per heavy atom. The molecule has 1 aromatic rings. The third-order valence-electron chi connectivity index (χ3n) is 3.08. The second kappa shape index (κ2) is 5.14. The topological polar surface area (TPSA) is 46.3 Å². The minimum atomic E-state index is -0.363. The number of nitrogens with two attached hydrogens (primary N) is 1. The SMILES string of the molecule is NCC1CCCN1C(=O)c1ccc(F)c(Br)c1. The number of rotatable bonds is 2. The van der Waals surface area contributed by atoms with E-state index < -0.39 is 0 Å². The molecular weight excluding hydrogens is 287 g/mol. The number of benzene rings is 1. The van der Waals surface area contributed by atoms with Crippen LogP contribution in [0.25, 0.3) is 0 Å². The molecule has 2 N–H and O–H groups in total. The first kappa shape index (κ1) is 12.5. The van der Waals surface area contributed by atoms with E-state index in [9.17, 15) is 9.18 Å². The average molecular weight is 301 g/mol. The molecule has 1 unspecified atom stereocenters. The van der Waals surface area contributed by atoms with Gasteiger partial charge in [-0.2, -0.15) is 0 Å². The molecule has 1 aliphatic heterocycles. The summed E-state index contributed by atoms with van der Waals surface area (Å²) in [5.41, 5.74) is 6.13. The van der Waals surface area contributed by atoms with E-state index in [-0.39, 0.29) is 17.8 Å². The smallest absolute Gasteiger partial charge is 0.254 e. The zero-order chi connectivity index (χ0) is 12.4. The second-order valence-electron chi connectivity index (χ2n) is 4.16. The molecule has 0 spiro atoms. The zero-order valence-corrected chi connectivity index (χ0v) is 10.9. The first-order chi connectivity index (χ1) is 8.13. The van der Waals surface area contributed by atoms with E-state index >= 15 is 0 Å². The summed E-state index contributed by atoms with van der Waals surface area (Å²) in [6.45, 7) is 1.21. The summed E-state index contributed by atoms with van der Waals surface area (Å²) >= 11 is 3.08. The molecular formula is C12H14BrFN2O. The van der Waals surface area contributed by atoms with Gasteiger partial charge < -0.3 is 10.6 Å². The van der Waals surface area contributed by atoms with E-state index in [1.54, 1.807) is 4.90 Å². The molecule has 0 saturated carbocycles. The molecule has 1 fully saturated rings. The Morgan fingerprint density at radius 1 is 1.59 bits per heavy atom. The molecule has 92 valence electrons. The van der Waals surface area contributed by atoms with Gasteiger partial charge in [-0.25, -0.2) is 4.39 Å². The van der Waals surface area contributed by atoms with Crippen molar-refractivity contribution in [2.45, 2.75) is 18.9 Å². The molecule has 2 rings (SSSR count). The molecule has 0 aliphatic carbocycles. The summed E-state index contributed by atoms with van der Waals surface area (Å²) in [6.07, 6.45) is 1.93. The maximum atomic E-state index is 13.1. The molecule has 1 atom stereocenters. The van der Waals surface area contributed by atoms with Gasteiger partial charge in [0.05, 0.1) is 4.47 Å². The van der Waals surface area contributed by atoms with Crippen molar-refractivity contribution in [3.63, 3.8) is 0 Å². The van der Waals surface area contributed by atoms with Crippen molar-refractivity contribution in [2.75, 3.05) is 13.1 Å². The van der Waals surface area contributed by atoms with Crippen molar-refractivity contribution in [3.05, 3.63) is 34.1 Å². The summed E-state index contributed by atoms with van der Waals surface area (Å²) in [7, 11) is 0. The normalized spacial score (nSPS) is 19.7. The van der Waals surface area contributed by atoms with Crippen LogP contribution in [-0.2, 0) is 0 Å². The number of hydrogen-bond acceptors (Lipinski definition) is 2. The summed E-state index contributed by atoms with van der Waals surface area (Å²) in [5, 5.41) is 0. The highest BCUT2D eigenvalue weighted by molar-refractivity contribution is 9.10. The van der Waals surface area contributed by atoms with Gasteiger partial charge in [0.15, 0.2) is 0 Å². The summed E-state index contributed by atoms with van der Waals surface area (Å²) in [5.74, 6) is -0.433. The van der Waals surface area contributed by atoms with Crippen LogP contribution in [0.3, 0.4) is 0 Å². The monoisotopic (exact) mass is 300 g/mol. The van der Waals surface area contributed by atoms with Crippen LogP contribution in [0.2, 0.25) is 0 Å². The van der Waals surface area contributed by atoms with E-state index in [1.807, 2.05) is 0 Å². The van der Waals surface area contributed by atoms with Crippen LogP contribution in [-0.4, -0.2) is 29.9 Å². The van der Waals surface area contributed by atoms with Gasteiger partial charge in [-0.3, -0.25) is 4.79 Å². The van der Waals surface area contributed by atoms with Gasteiger partial charge in [-0.1, -0.05) is 0 Å². The predicted octanol–water partition coefficient (Wildman–Crippen LogP) is 2.15. The largest absolute Gasteiger partial charge is 0.334 e. The van der Waals surface area contributed by atoms with Crippen LogP contribution >= 0.6 is 15.9 Å². The highest BCUT2D eigenvalue weighted by Gasteiger charge is 2.28. The highest BCUT2D eigenvalue weighted by atomic mass is 79.9. The quantitative estimate of drug-likeness (QED) is 0.910. The highest BCUT2D eigenvalue weighted by Crippen LogP contribution is 2.22.